The first-order chi connectivity index (χ1) is 21.8. The summed E-state index contributed by atoms with van der Waals surface area (Å²) in [5, 5.41) is 1.04. The van der Waals surface area contributed by atoms with Gasteiger partial charge in [-0.1, -0.05) is 95.2 Å². The van der Waals surface area contributed by atoms with Gasteiger partial charge in [0, 0.05) is 26.7 Å². The van der Waals surface area contributed by atoms with E-state index in [0.717, 1.165) is 16.9 Å². The van der Waals surface area contributed by atoms with Gasteiger partial charge >= 0.3 is 5.97 Å². The normalized spacial score (nSPS) is 14.6. The Bertz CT molecular complexity index is 2110. The summed E-state index contributed by atoms with van der Waals surface area (Å²) >= 11 is 13.9. The summed E-state index contributed by atoms with van der Waals surface area (Å²) in [6.07, 6.45) is 1.69. The largest absolute Gasteiger partial charge is 0.488 e. The molecule has 0 saturated heterocycles. The molecule has 0 amide bonds. The molecule has 226 valence electrons. The molecule has 45 heavy (non-hydrogen) atoms. The van der Waals surface area contributed by atoms with Gasteiger partial charge in [0.15, 0.2) is 4.80 Å². The number of carbonyl (C=O) groups excluding carboxylic acids is 1. The molecule has 0 bridgehead atoms. The van der Waals surface area contributed by atoms with Crippen molar-refractivity contribution in [3.8, 4) is 5.75 Å². The van der Waals surface area contributed by atoms with Crippen LogP contribution in [0.2, 0.25) is 10.0 Å². The molecule has 0 fully saturated rings. The Morgan fingerprint density at radius 2 is 1.73 bits per heavy atom. The van der Waals surface area contributed by atoms with Gasteiger partial charge in [-0.25, -0.2) is 14.2 Å². The van der Waals surface area contributed by atoms with Gasteiger partial charge in [-0.15, -0.1) is 0 Å². The lowest BCUT2D eigenvalue weighted by molar-refractivity contribution is -0.138. The highest BCUT2D eigenvalue weighted by Gasteiger charge is 2.35. The van der Waals surface area contributed by atoms with Crippen molar-refractivity contribution in [2.24, 2.45) is 4.99 Å². The minimum atomic E-state index is -0.923. The number of hydrogen-bond acceptors (Lipinski definition) is 6. The molecule has 1 aromatic heterocycles. The van der Waals surface area contributed by atoms with Crippen LogP contribution < -0.4 is 19.6 Å². The SMILES string of the molecule is CCOC(=O)C1=C(c2ccccc2)N=c2s/c(=C\c3cc(Cl)ccc3OCc3ccccc3Cl)c(=O)n2[C@@H]1c1ccc(F)cc1. The third-order valence-corrected chi connectivity index (χ3v) is 8.75. The zero-order chi connectivity index (χ0) is 31.5. The Morgan fingerprint density at radius 3 is 2.47 bits per heavy atom. The minimum Gasteiger partial charge on any atom is -0.488 e. The summed E-state index contributed by atoms with van der Waals surface area (Å²) in [7, 11) is 0. The molecule has 6 nitrogen and oxygen atoms in total. The molecular weight excluding hydrogens is 634 g/mol. The Hall–Kier alpha value is -4.50. The number of benzene rings is 4. The van der Waals surface area contributed by atoms with Crippen molar-refractivity contribution in [2.75, 3.05) is 6.61 Å². The minimum absolute atomic E-state index is 0.122. The van der Waals surface area contributed by atoms with Crippen LogP contribution in [0.3, 0.4) is 0 Å². The number of aromatic nitrogens is 1. The first kappa shape index (κ1) is 30.5. The van der Waals surface area contributed by atoms with Crippen molar-refractivity contribution in [1.82, 2.24) is 4.57 Å². The summed E-state index contributed by atoms with van der Waals surface area (Å²) in [4.78, 5) is 33.0. The highest BCUT2D eigenvalue weighted by atomic mass is 35.5. The average Bonchev–Trinajstić information content (AvgIpc) is 3.35. The molecule has 10 heteroatoms. The molecule has 2 heterocycles. The van der Waals surface area contributed by atoms with E-state index in [2.05, 4.69) is 0 Å². The number of carbonyl (C=O) groups is 1. The van der Waals surface area contributed by atoms with Crippen LogP contribution in [0.5, 0.6) is 5.75 Å². The van der Waals surface area contributed by atoms with Crippen molar-refractivity contribution in [2.45, 2.75) is 19.6 Å². The van der Waals surface area contributed by atoms with Crippen LogP contribution in [-0.4, -0.2) is 17.1 Å². The van der Waals surface area contributed by atoms with E-state index >= 15 is 0 Å². The van der Waals surface area contributed by atoms with Gasteiger partial charge in [0.25, 0.3) is 5.56 Å². The Balaban J connectivity index is 1.54. The standard InChI is InChI=1S/C35H25Cl2FN2O4S/c1-2-43-34(42)30-31(21-8-4-3-5-9-21)39-35-40(32(30)22-12-15-26(38)16-13-22)33(41)29(45-35)19-24-18-25(36)14-17-28(24)44-20-23-10-6-7-11-27(23)37/h3-19,32H,2,20H2,1H3/b29-19-/t32-/m1/s1. The molecule has 0 saturated carbocycles. The molecule has 1 aliphatic heterocycles. The number of thiazole rings is 1. The van der Waals surface area contributed by atoms with E-state index < -0.39 is 17.8 Å². The van der Waals surface area contributed by atoms with Crippen molar-refractivity contribution < 1.29 is 18.7 Å². The lowest BCUT2D eigenvalue weighted by Gasteiger charge is -2.25. The van der Waals surface area contributed by atoms with Crippen molar-refractivity contribution in [3.63, 3.8) is 0 Å². The maximum atomic E-state index is 14.2. The second-order valence-corrected chi connectivity index (χ2v) is 11.9. The number of ether oxygens (including phenoxy) is 2. The topological polar surface area (TPSA) is 69.9 Å². The quantitative estimate of drug-likeness (QED) is 0.169. The summed E-state index contributed by atoms with van der Waals surface area (Å²) in [6, 6.07) is 26.5. The van der Waals surface area contributed by atoms with Gasteiger partial charge in [0.05, 0.1) is 28.5 Å². The van der Waals surface area contributed by atoms with Crippen molar-refractivity contribution in [3.05, 3.63) is 160 Å². The maximum absolute atomic E-state index is 14.2. The van der Waals surface area contributed by atoms with Crippen LogP contribution in [0.4, 0.5) is 4.39 Å². The smallest absolute Gasteiger partial charge is 0.338 e. The molecule has 1 aliphatic rings. The number of nitrogens with zero attached hydrogens (tertiary/aromatic N) is 2. The molecule has 6 rings (SSSR count). The van der Waals surface area contributed by atoms with Crippen LogP contribution in [0.25, 0.3) is 11.8 Å². The van der Waals surface area contributed by atoms with Gasteiger partial charge < -0.3 is 9.47 Å². The predicted molar refractivity (Wildman–Crippen MR) is 175 cm³/mol. The van der Waals surface area contributed by atoms with Gasteiger partial charge in [-0.05, 0) is 55.0 Å². The number of rotatable bonds is 8. The summed E-state index contributed by atoms with van der Waals surface area (Å²) in [6.45, 7) is 2.03. The van der Waals surface area contributed by atoms with Gasteiger partial charge in [0.1, 0.15) is 18.2 Å². The number of halogens is 3. The zero-order valence-corrected chi connectivity index (χ0v) is 26.2. The molecule has 0 spiro atoms. The highest BCUT2D eigenvalue weighted by molar-refractivity contribution is 7.07. The van der Waals surface area contributed by atoms with E-state index in [1.165, 1.54) is 16.7 Å². The number of fused-ring (bicyclic) bond motifs is 1. The van der Waals surface area contributed by atoms with Crippen LogP contribution in [0.1, 0.15) is 35.2 Å². The Labute approximate surface area is 271 Å². The molecule has 0 N–H and O–H groups in total. The first-order valence-electron chi connectivity index (χ1n) is 14.0. The summed E-state index contributed by atoms with van der Waals surface area (Å²) < 4.78 is 27.4. The average molecular weight is 660 g/mol. The van der Waals surface area contributed by atoms with Crippen LogP contribution in [0, 0.1) is 5.82 Å². The zero-order valence-electron chi connectivity index (χ0n) is 23.9. The Morgan fingerprint density at radius 1 is 1.00 bits per heavy atom. The maximum Gasteiger partial charge on any atom is 0.338 e. The van der Waals surface area contributed by atoms with Gasteiger partial charge in [-0.2, -0.15) is 0 Å². The van der Waals surface area contributed by atoms with Crippen LogP contribution in [-0.2, 0) is 16.1 Å². The van der Waals surface area contributed by atoms with Crippen molar-refractivity contribution in [1.29, 1.82) is 0 Å². The van der Waals surface area contributed by atoms with Crippen LogP contribution >= 0.6 is 34.5 Å². The molecule has 1 atom stereocenters. The van der Waals surface area contributed by atoms with E-state index in [1.807, 2.05) is 48.5 Å². The van der Waals surface area contributed by atoms with Gasteiger partial charge in [-0.3, -0.25) is 9.36 Å². The molecular formula is C35H25Cl2FN2O4S. The third kappa shape index (κ3) is 6.35. The highest BCUT2D eigenvalue weighted by Crippen LogP contribution is 2.35. The predicted octanol–water partition coefficient (Wildman–Crippen LogP) is 6.96. The molecule has 5 aromatic rings. The van der Waals surface area contributed by atoms with E-state index in [-0.39, 0.29) is 24.3 Å². The van der Waals surface area contributed by atoms with E-state index in [1.54, 1.807) is 49.4 Å². The van der Waals surface area contributed by atoms with Gasteiger partial charge in [0.2, 0.25) is 0 Å². The fourth-order valence-corrected chi connectivity index (χ4v) is 6.44. The molecule has 4 aromatic carbocycles. The van der Waals surface area contributed by atoms with E-state index in [4.69, 9.17) is 37.7 Å². The van der Waals surface area contributed by atoms with Crippen molar-refractivity contribution >= 4 is 52.3 Å². The Kier molecular flexibility index (Phi) is 8.98. The second-order valence-electron chi connectivity index (χ2n) is 10.0. The summed E-state index contributed by atoms with van der Waals surface area (Å²) in [5.74, 6) is -0.562. The molecule has 0 aliphatic carbocycles. The summed E-state index contributed by atoms with van der Waals surface area (Å²) in [5.41, 5.74) is 2.75. The monoisotopic (exact) mass is 658 g/mol. The van der Waals surface area contributed by atoms with E-state index in [9.17, 15) is 14.0 Å². The van der Waals surface area contributed by atoms with E-state index in [0.29, 0.717) is 47.5 Å². The fraction of sp³-hybridized carbons (Fsp3) is 0.114. The molecule has 0 radical (unpaired) electrons. The van der Waals surface area contributed by atoms with Crippen LogP contribution in [0.15, 0.2) is 112 Å². The first-order valence-corrected chi connectivity index (χ1v) is 15.6. The second kappa shape index (κ2) is 13.2. The number of hydrogen-bond donors (Lipinski definition) is 0. The number of esters is 1. The third-order valence-electron chi connectivity index (χ3n) is 7.16. The lowest BCUT2D eigenvalue weighted by atomic mass is 9.93. The lowest BCUT2D eigenvalue weighted by Crippen LogP contribution is -2.40. The fourth-order valence-electron chi connectivity index (χ4n) is 5.08. The molecule has 0 unspecified atom stereocenters.